The van der Waals surface area contributed by atoms with Crippen molar-refractivity contribution in [1.82, 2.24) is 9.97 Å². The maximum absolute atomic E-state index is 5.98. The smallest absolute Gasteiger partial charge is 0.245 e. The molecule has 23 heavy (non-hydrogen) atoms. The van der Waals surface area contributed by atoms with Gasteiger partial charge in [0.1, 0.15) is 17.1 Å². The van der Waals surface area contributed by atoms with E-state index >= 15 is 0 Å². The Bertz CT molecular complexity index is 853. The molecule has 2 aromatic heterocycles. The summed E-state index contributed by atoms with van der Waals surface area (Å²) in [6.45, 7) is 5.89. The summed E-state index contributed by atoms with van der Waals surface area (Å²) in [6.07, 6.45) is 2.66. The lowest BCUT2D eigenvalue weighted by molar-refractivity contribution is 0.498. The molecule has 0 bridgehead atoms. The number of hydrogen-bond acceptors (Lipinski definition) is 4. The first kappa shape index (κ1) is 14.0. The van der Waals surface area contributed by atoms with Crippen LogP contribution >= 0.6 is 0 Å². The third-order valence-electron chi connectivity index (χ3n) is 4.31. The molecular formula is C19H19N3O. The number of anilines is 1. The summed E-state index contributed by atoms with van der Waals surface area (Å²) >= 11 is 0. The van der Waals surface area contributed by atoms with Crippen molar-refractivity contribution in [3.05, 3.63) is 65.2 Å². The van der Waals surface area contributed by atoms with Gasteiger partial charge in [0.05, 0.1) is 6.54 Å². The van der Waals surface area contributed by atoms with Crippen LogP contribution in [0.4, 0.5) is 5.69 Å². The molecule has 4 rings (SSSR count). The van der Waals surface area contributed by atoms with Gasteiger partial charge in [-0.05, 0) is 43.2 Å². The zero-order valence-electron chi connectivity index (χ0n) is 13.4. The fourth-order valence-corrected chi connectivity index (χ4v) is 3.05. The molecule has 3 heterocycles. The molecule has 1 aromatic carbocycles. The minimum absolute atomic E-state index is 0.638. The largest absolute Gasteiger partial charge is 0.439 e. The average molecular weight is 305 g/mol. The number of benzene rings is 1. The fourth-order valence-electron chi connectivity index (χ4n) is 3.05. The van der Waals surface area contributed by atoms with Crippen LogP contribution in [0.5, 0.6) is 0 Å². The van der Waals surface area contributed by atoms with Crippen LogP contribution in [0.1, 0.15) is 22.6 Å². The summed E-state index contributed by atoms with van der Waals surface area (Å²) in [6, 6.07) is 12.6. The first-order valence-corrected chi connectivity index (χ1v) is 7.93. The lowest BCUT2D eigenvalue weighted by Crippen LogP contribution is -2.30. The second-order valence-corrected chi connectivity index (χ2v) is 6.07. The Labute approximate surface area is 135 Å². The highest BCUT2D eigenvalue weighted by atomic mass is 16.4. The monoisotopic (exact) mass is 305 g/mol. The molecule has 0 atom stereocenters. The van der Waals surface area contributed by atoms with Gasteiger partial charge in [0.25, 0.3) is 0 Å². The summed E-state index contributed by atoms with van der Waals surface area (Å²) in [5.74, 6) is 1.63. The van der Waals surface area contributed by atoms with Gasteiger partial charge in [-0.25, -0.2) is 4.98 Å². The third-order valence-corrected chi connectivity index (χ3v) is 4.31. The van der Waals surface area contributed by atoms with E-state index in [4.69, 9.17) is 9.40 Å². The standard InChI is InChI=1S/C19H19N3O/c1-13-5-3-7-15(11-13)22-10-8-17-16(12-22)21-19(23-17)18-14(2)6-4-9-20-18/h3-7,9,11H,8,10,12H2,1-2H3. The highest BCUT2D eigenvalue weighted by Gasteiger charge is 2.23. The second-order valence-electron chi connectivity index (χ2n) is 6.07. The second kappa shape index (κ2) is 5.54. The Balaban J connectivity index is 1.65. The summed E-state index contributed by atoms with van der Waals surface area (Å²) in [7, 11) is 0. The molecule has 0 saturated carbocycles. The Morgan fingerprint density at radius 2 is 2.04 bits per heavy atom. The first-order chi connectivity index (χ1) is 11.2. The Morgan fingerprint density at radius 1 is 1.13 bits per heavy atom. The minimum atomic E-state index is 0.638. The molecule has 0 saturated heterocycles. The summed E-state index contributed by atoms with van der Waals surface area (Å²) in [4.78, 5) is 11.5. The fraction of sp³-hybridized carbons (Fsp3) is 0.263. The van der Waals surface area contributed by atoms with E-state index in [-0.39, 0.29) is 0 Å². The van der Waals surface area contributed by atoms with Crippen molar-refractivity contribution in [2.24, 2.45) is 0 Å². The molecule has 0 spiro atoms. The highest BCUT2D eigenvalue weighted by molar-refractivity contribution is 5.54. The molecule has 4 nitrogen and oxygen atoms in total. The number of nitrogens with zero attached hydrogens (tertiary/aromatic N) is 3. The van der Waals surface area contributed by atoms with Gasteiger partial charge in [0.2, 0.25) is 5.89 Å². The number of pyridine rings is 1. The quantitative estimate of drug-likeness (QED) is 0.720. The molecule has 0 amide bonds. The van der Waals surface area contributed by atoms with Crippen molar-refractivity contribution in [2.45, 2.75) is 26.8 Å². The zero-order chi connectivity index (χ0) is 15.8. The molecule has 1 aliphatic heterocycles. The molecular weight excluding hydrogens is 286 g/mol. The van der Waals surface area contributed by atoms with Crippen molar-refractivity contribution >= 4 is 5.69 Å². The number of aryl methyl sites for hydroxylation is 2. The van der Waals surface area contributed by atoms with Gasteiger partial charge in [-0.1, -0.05) is 18.2 Å². The number of hydrogen-bond donors (Lipinski definition) is 0. The van der Waals surface area contributed by atoms with Crippen LogP contribution in [0.25, 0.3) is 11.6 Å². The van der Waals surface area contributed by atoms with Gasteiger partial charge < -0.3 is 9.32 Å². The predicted octanol–water partition coefficient (Wildman–Crippen LogP) is 3.92. The van der Waals surface area contributed by atoms with E-state index in [0.29, 0.717) is 5.89 Å². The van der Waals surface area contributed by atoms with Crippen molar-refractivity contribution in [3.8, 4) is 11.6 Å². The van der Waals surface area contributed by atoms with E-state index in [0.717, 1.165) is 42.2 Å². The van der Waals surface area contributed by atoms with Gasteiger partial charge in [-0.2, -0.15) is 0 Å². The van der Waals surface area contributed by atoms with Crippen molar-refractivity contribution < 1.29 is 4.42 Å². The van der Waals surface area contributed by atoms with E-state index < -0.39 is 0 Å². The van der Waals surface area contributed by atoms with Gasteiger partial charge in [0.15, 0.2) is 0 Å². The van der Waals surface area contributed by atoms with Crippen molar-refractivity contribution in [2.75, 3.05) is 11.4 Å². The normalized spacial score (nSPS) is 13.9. The van der Waals surface area contributed by atoms with Crippen LogP contribution < -0.4 is 4.90 Å². The highest BCUT2D eigenvalue weighted by Crippen LogP contribution is 2.29. The van der Waals surface area contributed by atoms with Crippen LogP contribution in [0, 0.1) is 13.8 Å². The molecule has 1 aliphatic rings. The lowest BCUT2D eigenvalue weighted by atomic mass is 10.1. The van der Waals surface area contributed by atoms with Crippen LogP contribution in [0.2, 0.25) is 0 Å². The van der Waals surface area contributed by atoms with Crippen molar-refractivity contribution in [1.29, 1.82) is 0 Å². The van der Waals surface area contributed by atoms with Gasteiger partial charge in [0, 0.05) is 24.8 Å². The van der Waals surface area contributed by atoms with Crippen molar-refractivity contribution in [3.63, 3.8) is 0 Å². The Hall–Kier alpha value is -2.62. The van der Waals surface area contributed by atoms with Gasteiger partial charge in [-0.3, -0.25) is 4.98 Å². The Kier molecular flexibility index (Phi) is 3.37. The summed E-state index contributed by atoms with van der Waals surface area (Å²) in [5.41, 5.74) is 5.47. The van der Waals surface area contributed by atoms with Crippen LogP contribution in [0.3, 0.4) is 0 Å². The van der Waals surface area contributed by atoms with Crippen LogP contribution in [-0.4, -0.2) is 16.5 Å². The molecule has 0 N–H and O–H groups in total. The molecule has 116 valence electrons. The Morgan fingerprint density at radius 3 is 2.87 bits per heavy atom. The minimum Gasteiger partial charge on any atom is -0.439 e. The third kappa shape index (κ3) is 2.61. The average Bonchev–Trinajstić information content (AvgIpc) is 2.98. The van der Waals surface area contributed by atoms with E-state index in [1.807, 2.05) is 19.1 Å². The van der Waals surface area contributed by atoms with E-state index in [1.54, 1.807) is 6.20 Å². The molecule has 0 fully saturated rings. The summed E-state index contributed by atoms with van der Waals surface area (Å²) in [5, 5.41) is 0. The van der Waals surface area contributed by atoms with E-state index in [1.165, 1.54) is 11.3 Å². The van der Waals surface area contributed by atoms with Gasteiger partial charge in [-0.15, -0.1) is 0 Å². The molecule has 0 unspecified atom stereocenters. The number of aromatic nitrogens is 2. The maximum Gasteiger partial charge on any atom is 0.245 e. The van der Waals surface area contributed by atoms with Gasteiger partial charge >= 0.3 is 0 Å². The van der Waals surface area contributed by atoms with E-state index in [2.05, 4.69) is 41.1 Å². The first-order valence-electron chi connectivity index (χ1n) is 7.93. The number of rotatable bonds is 2. The predicted molar refractivity (Wildman–Crippen MR) is 90.4 cm³/mol. The van der Waals surface area contributed by atoms with Crippen LogP contribution in [0.15, 0.2) is 47.0 Å². The molecule has 4 heteroatoms. The molecule has 3 aromatic rings. The lowest BCUT2D eigenvalue weighted by Gasteiger charge is -2.27. The topological polar surface area (TPSA) is 42.2 Å². The number of fused-ring (bicyclic) bond motifs is 1. The molecule has 0 radical (unpaired) electrons. The zero-order valence-corrected chi connectivity index (χ0v) is 13.4. The molecule has 0 aliphatic carbocycles. The number of oxazole rings is 1. The van der Waals surface area contributed by atoms with Crippen LogP contribution in [-0.2, 0) is 13.0 Å². The summed E-state index contributed by atoms with van der Waals surface area (Å²) < 4.78 is 5.98. The maximum atomic E-state index is 5.98. The SMILES string of the molecule is Cc1cccc(N2CCc3oc(-c4ncccc4C)nc3C2)c1. The van der Waals surface area contributed by atoms with E-state index in [9.17, 15) is 0 Å².